The molecule has 0 spiro atoms. The molecule has 1 aliphatic rings. The molecule has 0 unspecified atom stereocenters. The van der Waals surface area contributed by atoms with E-state index in [9.17, 15) is 9.59 Å². The number of hydrogen-bond acceptors (Lipinski definition) is 6. The van der Waals surface area contributed by atoms with E-state index in [0.717, 1.165) is 5.69 Å². The van der Waals surface area contributed by atoms with Gasteiger partial charge in [-0.25, -0.2) is 4.68 Å². The largest absolute Gasteiger partial charge is 0.493 e. The smallest absolute Gasteiger partial charge is 0.279 e. The van der Waals surface area contributed by atoms with Crippen LogP contribution < -0.4 is 19.9 Å². The summed E-state index contributed by atoms with van der Waals surface area (Å²) in [6, 6.07) is 11.1. The monoisotopic (exact) mass is 442 g/mol. The molecule has 162 valence electrons. The van der Waals surface area contributed by atoms with Crippen molar-refractivity contribution in [1.29, 1.82) is 0 Å². The summed E-state index contributed by atoms with van der Waals surface area (Å²) in [7, 11) is 2.99. The van der Waals surface area contributed by atoms with E-state index in [1.165, 1.54) is 18.9 Å². The lowest BCUT2D eigenvalue weighted by atomic mass is 10.1. The first kappa shape index (κ1) is 21.0. The first-order valence-electron chi connectivity index (χ1n) is 9.91. The number of amides is 1. The third-order valence-corrected chi connectivity index (χ3v) is 5.69. The molecule has 1 aliphatic heterocycles. The van der Waals surface area contributed by atoms with Crippen LogP contribution in [0.5, 0.6) is 11.5 Å². The molecule has 0 bridgehead atoms. The molecule has 0 N–H and O–H groups in total. The number of carbonyl (C=O) groups excluding carboxylic acids is 1. The third-order valence-electron chi connectivity index (χ3n) is 5.45. The van der Waals surface area contributed by atoms with Gasteiger partial charge in [0.2, 0.25) is 5.91 Å². The van der Waals surface area contributed by atoms with Gasteiger partial charge < -0.3 is 19.3 Å². The van der Waals surface area contributed by atoms with Crippen LogP contribution in [-0.4, -0.2) is 61.0 Å². The number of rotatable bonds is 5. The van der Waals surface area contributed by atoms with Gasteiger partial charge in [0, 0.05) is 42.3 Å². The van der Waals surface area contributed by atoms with Gasteiger partial charge in [-0.05, 0) is 30.3 Å². The first-order chi connectivity index (χ1) is 15.0. The molecule has 1 fully saturated rings. The maximum absolute atomic E-state index is 13.0. The predicted molar refractivity (Wildman–Crippen MR) is 119 cm³/mol. The molecule has 0 radical (unpaired) electrons. The molecule has 3 aromatic rings. The summed E-state index contributed by atoms with van der Waals surface area (Å²) in [5.41, 5.74) is 0.646. The molecule has 2 heterocycles. The number of piperazine rings is 1. The van der Waals surface area contributed by atoms with Crippen molar-refractivity contribution >= 4 is 34.0 Å². The van der Waals surface area contributed by atoms with E-state index in [2.05, 4.69) is 10.00 Å². The number of halogens is 1. The number of carbonyl (C=O) groups is 1. The Balaban J connectivity index is 1.50. The zero-order valence-electron chi connectivity index (χ0n) is 17.4. The van der Waals surface area contributed by atoms with Gasteiger partial charge in [0.1, 0.15) is 6.54 Å². The number of methoxy groups -OCH3 is 2. The van der Waals surface area contributed by atoms with Gasteiger partial charge in [-0.15, -0.1) is 0 Å². The highest BCUT2D eigenvalue weighted by atomic mass is 35.5. The molecule has 1 saturated heterocycles. The number of anilines is 1. The van der Waals surface area contributed by atoms with Crippen LogP contribution in [-0.2, 0) is 11.3 Å². The lowest BCUT2D eigenvalue weighted by Crippen LogP contribution is -2.50. The van der Waals surface area contributed by atoms with Gasteiger partial charge >= 0.3 is 0 Å². The van der Waals surface area contributed by atoms with Gasteiger partial charge in [0.15, 0.2) is 11.5 Å². The Hall–Kier alpha value is -3.26. The van der Waals surface area contributed by atoms with Gasteiger partial charge in [-0.1, -0.05) is 17.7 Å². The van der Waals surface area contributed by atoms with E-state index in [1.807, 2.05) is 24.3 Å². The molecule has 0 atom stereocenters. The fourth-order valence-corrected chi connectivity index (χ4v) is 4.00. The van der Waals surface area contributed by atoms with E-state index in [0.29, 0.717) is 53.5 Å². The second kappa shape index (κ2) is 8.85. The predicted octanol–water partition coefficient (Wildman–Crippen LogP) is 2.42. The van der Waals surface area contributed by atoms with Crippen molar-refractivity contribution in [3.05, 3.63) is 58.0 Å². The molecule has 0 aliphatic carbocycles. The maximum atomic E-state index is 13.0. The second-order valence-electron chi connectivity index (χ2n) is 7.22. The average Bonchev–Trinajstić information content (AvgIpc) is 2.80. The Morgan fingerprint density at radius 2 is 1.87 bits per heavy atom. The van der Waals surface area contributed by atoms with Crippen LogP contribution in [0, 0.1) is 0 Å². The third kappa shape index (κ3) is 4.16. The molecular weight excluding hydrogens is 420 g/mol. The van der Waals surface area contributed by atoms with Crippen LogP contribution in [0.3, 0.4) is 0 Å². The number of fused-ring (bicyclic) bond motifs is 1. The normalized spacial score (nSPS) is 14.0. The van der Waals surface area contributed by atoms with Gasteiger partial charge in [0.25, 0.3) is 5.56 Å². The minimum atomic E-state index is -0.390. The van der Waals surface area contributed by atoms with Gasteiger partial charge in [-0.3, -0.25) is 9.59 Å². The lowest BCUT2D eigenvalue weighted by molar-refractivity contribution is -0.132. The quantitative estimate of drug-likeness (QED) is 0.604. The fourth-order valence-electron chi connectivity index (χ4n) is 3.81. The molecule has 2 aromatic carbocycles. The molecule has 1 amide bonds. The topological polar surface area (TPSA) is 76.9 Å². The van der Waals surface area contributed by atoms with Crippen molar-refractivity contribution in [2.24, 2.45) is 0 Å². The lowest BCUT2D eigenvalue weighted by Gasteiger charge is -2.36. The van der Waals surface area contributed by atoms with Crippen molar-refractivity contribution in [2.75, 3.05) is 45.3 Å². The summed E-state index contributed by atoms with van der Waals surface area (Å²) in [6.07, 6.45) is 1.56. The molecular formula is C22H23ClN4O4. The Bertz CT molecular complexity index is 1170. The number of aromatic nitrogens is 2. The standard InChI is InChI=1S/C22H23ClN4O4/c1-30-18-7-6-15-13-24-27(22(29)20(15)21(18)31-2)14-19(28)26-10-8-25(9-11-26)17-5-3-4-16(23)12-17/h3-7,12-13H,8-11,14H2,1-2H3. The van der Waals surface area contributed by atoms with Gasteiger partial charge in [-0.2, -0.15) is 5.10 Å². The highest BCUT2D eigenvalue weighted by Crippen LogP contribution is 2.32. The Morgan fingerprint density at radius 3 is 2.55 bits per heavy atom. The van der Waals surface area contributed by atoms with Crippen LogP contribution in [0.4, 0.5) is 5.69 Å². The van der Waals surface area contributed by atoms with Crippen LogP contribution in [0.2, 0.25) is 5.02 Å². The summed E-state index contributed by atoms with van der Waals surface area (Å²) >= 11 is 6.08. The summed E-state index contributed by atoms with van der Waals surface area (Å²) in [5.74, 6) is 0.638. The highest BCUT2D eigenvalue weighted by Gasteiger charge is 2.23. The summed E-state index contributed by atoms with van der Waals surface area (Å²) in [5, 5.41) is 5.83. The Morgan fingerprint density at radius 1 is 1.10 bits per heavy atom. The number of benzene rings is 2. The van der Waals surface area contributed by atoms with Gasteiger partial charge in [0.05, 0.1) is 25.8 Å². The number of nitrogens with zero attached hydrogens (tertiary/aromatic N) is 4. The molecule has 0 saturated carbocycles. The zero-order chi connectivity index (χ0) is 22.0. The SMILES string of the molecule is COc1ccc2cnn(CC(=O)N3CCN(c4cccc(Cl)c4)CC3)c(=O)c2c1OC. The van der Waals surface area contributed by atoms with Crippen LogP contribution >= 0.6 is 11.6 Å². The van der Waals surface area contributed by atoms with Crippen LogP contribution in [0.25, 0.3) is 10.8 Å². The summed E-state index contributed by atoms with van der Waals surface area (Å²) in [6.45, 7) is 2.37. The number of hydrogen-bond donors (Lipinski definition) is 0. The fraction of sp³-hybridized carbons (Fsp3) is 0.318. The average molecular weight is 443 g/mol. The Kier molecular flexibility index (Phi) is 5.99. The van der Waals surface area contributed by atoms with E-state index >= 15 is 0 Å². The molecule has 31 heavy (non-hydrogen) atoms. The van der Waals surface area contributed by atoms with E-state index in [4.69, 9.17) is 21.1 Å². The molecule has 1 aromatic heterocycles. The highest BCUT2D eigenvalue weighted by molar-refractivity contribution is 6.30. The molecule has 8 nitrogen and oxygen atoms in total. The van der Waals surface area contributed by atoms with E-state index in [-0.39, 0.29) is 18.0 Å². The van der Waals surface area contributed by atoms with Crippen molar-refractivity contribution < 1.29 is 14.3 Å². The minimum absolute atomic E-state index is 0.133. The van der Waals surface area contributed by atoms with Crippen LogP contribution in [0.1, 0.15) is 0 Å². The minimum Gasteiger partial charge on any atom is -0.493 e. The Labute approximate surface area is 184 Å². The zero-order valence-corrected chi connectivity index (χ0v) is 18.1. The number of ether oxygens (including phenoxy) is 2. The molecule has 4 rings (SSSR count). The van der Waals surface area contributed by atoms with Crippen molar-refractivity contribution in [3.8, 4) is 11.5 Å². The second-order valence-corrected chi connectivity index (χ2v) is 7.66. The van der Waals surface area contributed by atoms with Crippen molar-refractivity contribution in [1.82, 2.24) is 14.7 Å². The summed E-state index contributed by atoms with van der Waals surface area (Å²) < 4.78 is 11.9. The van der Waals surface area contributed by atoms with E-state index < -0.39 is 0 Å². The van der Waals surface area contributed by atoms with Crippen LogP contribution in [0.15, 0.2) is 47.4 Å². The summed E-state index contributed by atoms with van der Waals surface area (Å²) in [4.78, 5) is 29.8. The van der Waals surface area contributed by atoms with Crippen molar-refractivity contribution in [2.45, 2.75) is 6.54 Å². The van der Waals surface area contributed by atoms with E-state index in [1.54, 1.807) is 23.2 Å². The van der Waals surface area contributed by atoms with Crippen molar-refractivity contribution in [3.63, 3.8) is 0 Å². The first-order valence-corrected chi connectivity index (χ1v) is 10.3. The maximum Gasteiger partial charge on any atom is 0.279 e. The molecule has 9 heteroatoms.